The molecule has 2 saturated heterocycles. The van der Waals surface area contributed by atoms with Crippen molar-refractivity contribution in [1.29, 1.82) is 0 Å². The number of likely N-dealkylation sites (N-methyl/N-ethyl adjacent to an activating group) is 1. The maximum absolute atomic E-state index is 12.1. The summed E-state index contributed by atoms with van der Waals surface area (Å²) in [5.74, 6) is 1.65. The zero-order valence-electron chi connectivity index (χ0n) is 19.7. The summed E-state index contributed by atoms with van der Waals surface area (Å²) < 4.78 is 17.0. The highest BCUT2D eigenvalue weighted by atomic mass is 16.5. The van der Waals surface area contributed by atoms with Gasteiger partial charge in [0.1, 0.15) is 12.3 Å². The van der Waals surface area contributed by atoms with Gasteiger partial charge in [-0.15, -0.1) is 0 Å². The summed E-state index contributed by atoms with van der Waals surface area (Å²) in [7, 11) is 5.18. The number of hydrogen-bond donors (Lipinski definition) is 1. The second-order valence-electron chi connectivity index (χ2n) is 8.61. The standard InChI is InChI=1S/C24H38N4O4/c1-27(2)23(29)17-26-24(25-13-10-19-6-8-20(30-3)9-7-19)28-14-11-21(12-15-28)32-18-22-5-4-16-31-22/h6-9,21-22H,4-5,10-18H2,1-3H3,(H,25,26). The fraction of sp³-hybridized carbons (Fsp3) is 0.667. The lowest BCUT2D eigenvalue weighted by atomic mass is 10.1. The van der Waals surface area contributed by atoms with E-state index in [0.29, 0.717) is 6.61 Å². The number of carbonyl (C=O) groups excluding carboxylic acids is 1. The normalized spacial score (nSPS) is 19.8. The molecule has 2 aliphatic rings. The molecule has 0 spiro atoms. The Balaban J connectivity index is 1.50. The van der Waals surface area contributed by atoms with Crippen molar-refractivity contribution < 1.29 is 19.0 Å². The number of piperidine rings is 1. The van der Waals surface area contributed by atoms with Gasteiger partial charge in [0.2, 0.25) is 5.91 Å². The van der Waals surface area contributed by atoms with Crippen LogP contribution in [0.25, 0.3) is 0 Å². The van der Waals surface area contributed by atoms with Gasteiger partial charge in [0.25, 0.3) is 0 Å². The number of benzene rings is 1. The average Bonchev–Trinajstić information content (AvgIpc) is 3.34. The molecule has 32 heavy (non-hydrogen) atoms. The molecule has 0 aliphatic carbocycles. The Hall–Kier alpha value is -2.32. The van der Waals surface area contributed by atoms with Gasteiger partial charge in [-0.05, 0) is 49.8 Å². The molecule has 2 heterocycles. The molecule has 1 amide bonds. The third-order valence-electron chi connectivity index (χ3n) is 6.00. The van der Waals surface area contributed by atoms with Crippen molar-refractivity contribution in [2.75, 3.05) is 60.6 Å². The molecular formula is C24H38N4O4. The SMILES string of the molecule is COc1ccc(CCNC(=NCC(=O)N(C)C)N2CCC(OCC3CCCO3)CC2)cc1. The monoisotopic (exact) mass is 446 g/mol. The van der Waals surface area contributed by atoms with Crippen molar-refractivity contribution in [3.05, 3.63) is 29.8 Å². The van der Waals surface area contributed by atoms with Gasteiger partial charge in [-0.25, -0.2) is 4.99 Å². The predicted octanol–water partition coefficient (Wildman–Crippen LogP) is 1.93. The lowest BCUT2D eigenvalue weighted by molar-refractivity contribution is -0.127. The largest absolute Gasteiger partial charge is 0.497 e. The number of carbonyl (C=O) groups is 1. The number of aliphatic imine (C=N–C) groups is 1. The minimum atomic E-state index is -0.00534. The zero-order valence-corrected chi connectivity index (χ0v) is 19.7. The van der Waals surface area contributed by atoms with Crippen LogP contribution in [0.3, 0.4) is 0 Å². The Kier molecular flexibility index (Phi) is 9.62. The van der Waals surface area contributed by atoms with Crippen molar-refractivity contribution in [2.45, 2.75) is 44.3 Å². The van der Waals surface area contributed by atoms with Crippen LogP contribution in [0.15, 0.2) is 29.3 Å². The van der Waals surface area contributed by atoms with E-state index >= 15 is 0 Å². The van der Waals surface area contributed by atoms with Crippen LogP contribution in [0, 0.1) is 0 Å². The van der Waals surface area contributed by atoms with Crippen LogP contribution >= 0.6 is 0 Å². The number of nitrogens with one attached hydrogen (secondary N) is 1. The average molecular weight is 447 g/mol. The van der Waals surface area contributed by atoms with Gasteiger partial charge in [-0.2, -0.15) is 0 Å². The van der Waals surface area contributed by atoms with Crippen LogP contribution in [0.2, 0.25) is 0 Å². The van der Waals surface area contributed by atoms with Crippen LogP contribution in [0.4, 0.5) is 0 Å². The van der Waals surface area contributed by atoms with Gasteiger partial charge >= 0.3 is 0 Å². The summed E-state index contributed by atoms with van der Waals surface area (Å²) in [6.07, 6.45) is 5.54. The van der Waals surface area contributed by atoms with Gasteiger partial charge in [0.05, 0.1) is 25.9 Å². The number of rotatable bonds is 9. The van der Waals surface area contributed by atoms with E-state index in [9.17, 15) is 4.79 Å². The molecule has 2 fully saturated rings. The van der Waals surface area contributed by atoms with Crippen LogP contribution in [0.1, 0.15) is 31.2 Å². The summed E-state index contributed by atoms with van der Waals surface area (Å²) in [5, 5.41) is 3.47. The fourth-order valence-electron chi connectivity index (χ4n) is 3.92. The number of amides is 1. The number of guanidine groups is 1. The Labute approximate surface area is 191 Å². The van der Waals surface area contributed by atoms with E-state index in [1.807, 2.05) is 12.1 Å². The molecule has 1 aromatic rings. The molecule has 2 aliphatic heterocycles. The van der Waals surface area contributed by atoms with Crippen molar-refractivity contribution in [3.63, 3.8) is 0 Å². The quantitative estimate of drug-likeness (QED) is 0.462. The topological polar surface area (TPSA) is 75.6 Å². The molecule has 3 rings (SSSR count). The van der Waals surface area contributed by atoms with Crippen LogP contribution < -0.4 is 10.1 Å². The second-order valence-corrected chi connectivity index (χ2v) is 8.61. The highest BCUT2D eigenvalue weighted by Crippen LogP contribution is 2.18. The molecule has 0 aromatic heterocycles. The second kappa shape index (κ2) is 12.6. The van der Waals surface area contributed by atoms with Crippen LogP contribution in [-0.4, -0.2) is 94.5 Å². The van der Waals surface area contributed by atoms with Crippen LogP contribution in [-0.2, 0) is 20.7 Å². The molecule has 1 atom stereocenters. The number of nitrogens with zero attached hydrogens (tertiary/aromatic N) is 3. The van der Waals surface area contributed by atoms with E-state index < -0.39 is 0 Å². The van der Waals surface area contributed by atoms with E-state index in [2.05, 4.69) is 27.3 Å². The lowest BCUT2D eigenvalue weighted by Crippen LogP contribution is -2.48. The smallest absolute Gasteiger partial charge is 0.243 e. The minimum absolute atomic E-state index is 0.00534. The number of methoxy groups -OCH3 is 1. The number of ether oxygens (including phenoxy) is 3. The summed E-state index contributed by atoms with van der Waals surface area (Å²) in [6.45, 7) is 4.18. The van der Waals surface area contributed by atoms with Crippen molar-refractivity contribution in [1.82, 2.24) is 15.1 Å². The van der Waals surface area contributed by atoms with Crippen molar-refractivity contribution in [2.24, 2.45) is 4.99 Å². The van der Waals surface area contributed by atoms with E-state index in [1.54, 1.807) is 26.1 Å². The summed E-state index contributed by atoms with van der Waals surface area (Å²) in [4.78, 5) is 20.5. The van der Waals surface area contributed by atoms with Gasteiger partial charge in [-0.1, -0.05) is 12.1 Å². The minimum Gasteiger partial charge on any atom is -0.497 e. The Morgan fingerprint density at radius 3 is 2.59 bits per heavy atom. The Bertz CT molecular complexity index is 724. The molecule has 1 N–H and O–H groups in total. The van der Waals surface area contributed by atoms with Crippen LogP contribution in [0.5, 0.6) is 5.75 Å². The summed E-state index contributed by atoms with van der Waals surface area (Å²) >= 11 is 0. The van der Waals surface area contributed by atoms with Gasteiger partial charge in [0.15, 0.2) is 5.96 Å². The summed E-state index contributed by atoms with van der Waals surface area (Å²) in [6, 6.07) is 8.09. The maximum atomic E-state index is 12.1. The number of likely N-dealkylation sites (tertiary alicyclic amines) is 1. The first-order valence-corrected chi connectivity index (χ1v) is 11.6. The first-order chi connectivity index (χ1) is 15.5. The van der Waals surface area contributed by atoms with Gasteiger partial charge in [0, 0.05) is 40.3 Å². The first kappa shape index (κ1) is 24.3. The van der Waals surface area contributed by atoms with Gasteiger partial charge < -0.3 is 29.3 Å². The predicted molar refractivity (Wildman–Crippen MR) is 125 cm³/mol. The molecule has 1 aromatic carbocycles. The molecule has 8 heteroatoms. The number of hydrogen-bond acceptors (Lipinski definition) is 5. The molecular weight excluding hydrogens is 408 g/mol. The molecule has 0 radical (unpaired) electrons. The fourth-order valence-corrected chi connectivity index (χ4v) is 3.92. The highest BCUT2D eigenvalue weighted by molar-refractivity contribution is 5.84. The first-order valence-electron chi connectivity index (χ1n) is 11.6. The maximum Gasteiger partial charge on any atom is 0.243 e. The van der Waals surface area contributed by atoms with Crippen molar-refractivity contribution >= 4 is 11.9 Å². The third kappa shape index (κ3) is 7.67. The lowest BCUT2D eigenvalue weighted by Gasteiger charge is -2.34. The molecule has 1 unspecified atom stereocenters. The zero-order chi connectivity index (χ0) is 22.8. The highest BCUT2D eigenvalue weighted by Gasteiger charge is 2.24. The van der Waals surface area contributed by atoms with E-state index in [1.165, 1.54) is 5.56 Å². The van der Waals surface area contributed by atoms with Crippen molar-refractivity contribution in [3.8, 4) is 5.75 Å². The van der Waals surface area contributed by atoms with Gasteiger partial charge in [-0.3, -0.25) is 4.79 Å². The molecule has 0 bridgehead atoms. The van der Waals surface area contributed by atoms with E-state index in [4.69, 9.17) is 14.2 Å². The molecule has 0 saturated carbocycles. The third-order valence-corrected chi connectivity index (χ3v) is 6.00. The Morgan fingerprint density at radius 2 is 1.97 bits per heavy atom. The van der Waals surface area contributed by atoms with E-state index in [-0.39, 0.29) is 24.7 Å². The molecule has 178 valence electrons. The molecule has 8 nitrogen and oxygen atoms in total. The Morgan fingerprint density at radius 1 is 1.22 bits per heavy atom. The summed E-state index contributed by atoms with van der Waals surface area (Å²) in [5.41, 5.74) is 1.23. The van der Waals surface area contributed by atoms with E-state index in [0.717, 1.165) is 70.1 Å².